The lowest BCUT2D eigenvalue weighted by atomic mass is 10.2. The van der Waals surface area contributed by atoms with Crippen LogP contribution < -0.4 is 5.32 Å². The normalized spacial score (nSPS) is 20.0. The van der Waals surface area contributed by atoms with Crippen molar-refractivity contribution in [2.24, 2.45) is 0 Å². The van der Waals surface area contributed by atoms with Crippen molar-refractivity contribution in [3.63, 3.8) is 0 Å². The molecule has 1 aliphatic heterocycles. The Bertz CT molecular complexity index is 530. The molecular formula is C13H24N2O8P2. The van der Waals surface area contributed by atoms with E-state index in [1.165, 1.54) is 0 Å². The fraction of sp³-hybridized carbons (Fsp3) is 0.769. The van der Waals surface area contributed by atoms with Gasteiger partial charge in [-0.1, -0.05) is 12.8 Å². The molecule has 144 valence electrons. The highest BCUT2D eigenvalue weighted by Crippen LogP contribution is 2.41. The van der Waals surface area contributed by atoms with Crippen LogP contribution in [0.1, 0.15) is 38.5 Å². The van der Waals surface area contributed by atoms with Gasteiger partial charge in [0.2, 0.25) is 17.7 Å². The van der Waals surface area contributed by atoms with Gasteiger partial charge in [0.25, 0.3) is 0 Å². The Morgan fingerprint density at radius 2 is 2.00 bits per heavy atom. The number of rotatable bonds is 12. The van der Waals surface area contributed by atoms with Gasteiger partial charge in [0, 0.05) is 25.9 Å². The monoisotopic (exact) mass is 398 g/mol. The number of nitrogens with zero attached hydrogens (tertiary/aromatic N) is 1. The minimum Gasteiger partial charge on any atom is -0.356 e. The molecule has 0 bridgehead atoms. The van der Waals surface area contributed by atoms with Crippen LogP contribution in [-0.4, -0.2) is 58.1 Å². The highest BCUT2D eigenvalue weighted by molar-refractivity contribution is 7.47. The van der Waals surface area contributed by atoms with Gasteiger partial charge in [-0.3, -0.25) is 23.8 Å². The van der Waals surface area contributed by atoms with Crippen molar-refractivity contribution < 1.29 is 38.3 Å². The Balaban J connectivity index is 2.01. The third kappa shape index (κ3) is 8.35. The van der Waals surface area contributed by atoms with Gasteiger partial charge in [-0.05, 0) is 12.8 Å². The van der Waals surface area contributed by atoms with E-state index in [2.05, 4.69) is 23.8 Å². The maximum atomic E-state index is 11.7. The lowest BCUT2D eigenvalue weighted by Crippen LogP contribution is -2.35. The second-order valence-corrected chi connectivity index (χ2v) is 7.76. The maximum absolute atomic E-state index is 11.7. The fourth-order valence-corrected chi connectivity index (χ4v) is 3.05. The SMILES string of the molecule is O=C(CCN1C(=O)CC(P)C1=O)NCCCCCCOP(=O)(O)OO. The average Bonchev–Trinajstić information content (AvgIpc) is 2.80. The standard InChI is InChI=1S/C13H24N2O8P2/c16-11(5-7-15-12(17)9-10(24)13(15)18)14-6-3-1-2-4-8-22-25(20,21)23-19/h10,19H,1-9,24H2,(H,14,16)(H,20,21). The summed E-state index contributed by atoms with van der Waals surface area (Å²) < 4.78 is 18.5. The van der Waals surface area contributed by atoms with Gasteiger partial charge in [-0.2, -0.15) is 0 Å². The number of phosphoric acid groups is 1. The molecule has 1 saturated heterocycles. The topological polar surface area (TPSA) is 142 Å². The number of carbonyl (C=O) groups is 3. The van der Waals surface area contributed by atoms with Gasteiger partial charge in [-0.15, -0.1) is 13.9 Å². The van der Waals surface area contributed by atoms with Gasteiger partial charge in [0.1, 0.15) is 0 Å². The molecule has 3 atom stereocenters. The van der Waals surface area contributed by atoms with Crippen LogP contribution in [0.5, 0.6) is 0 Å². The second-order valence-electron chi connectivity index (χ2n) is 5.59. The average molecular weight is 398 g/mol. The number of amides is 3. The number of imide groups is 1. The zero-order valence-corrected chi connectivity index (χ0v) is 15.8. The molecule has 3 N–H and O–H groups in total. The van der Waals surface area contributed by atoms with E-state index < -0.39 is 7.82 Å². The highest BCUT2D eigenvalue weighted by atomic mass is 31.2. The number of nitrogens with one attached hydrogen (secondary N) is 1. The summed E-state index contributed by atoms with van der Waals surface area (Å²) in [7, 11) is -2.01. The zero-order chi connectivity index (χ0) is 18.9. The number of unbranched alkanes of at least 4 members (excludes halogenated alkanes) is 3. The highest BCUT2D eigenvalue weighted by Gasteiger charge is 2.35. The first kappa shape index (κ1) is 22.2. The maximum Gasteiger partial charge on any atom is 0.499 e. The van der Waals surface area contributed by atoms with Crippen LogP contribution in [0.25, 0.3) is 0 Å². The quantitative estimate of drug-likeness (QED) is 0.143. The van der Waals surface area contributed by atoms with Crippen LogP contribution in [0, 0.1) is 0 Å². The molecule has 0 radical (unpaired) electrons. The van der Waals surface area contributed by atoms with Gasteiger partial charge in [-0.25, -0.2) is 9.82 Å². The molecule has 1 fully saturated rings. The van der Waals surface area contributed by atoms with Crippen molar-refractivity contribution in [3.05, 3.63) is 0 Å². The lowest BCUT2D eigenvalue weighted by Gasteiger charge is -2.13. The minimum absolute atomic E-state index is 0.0186. The van der Waals surface area contributed by atoms with Crippen LogP contribution in [0.4, 0.5) is 0 Å². The summed E-state index contributed by atoms with van der Waals surface area (Å²) in [6, 6.07) is 0. The van der Waals surface area contributed by atoms with Crippen molar-refractivity contribution in [3.8, 4) is 0 Å². The predicted molar refractivity (Wildman–Crippen MR) is 90.4 cm³/mol. The number of carbonyl (C=O) groups excluding carboxylic acids is 3. The molecule has 1 rings (SSSR count). The van der Waals surface area contributed by atoms with Gasteiger partial charge in [0.15, 0.2) is 0 Å². The molecule has 25 heavy (non-hydrogen) atoms. The molecule has 0 aliphatic carbocycles. The van der Waals surface area contributed by atoms with E-state index in [0.717, 1.165) is 11.3 Å². The molecule has 10 nitrogen and oxygen atoms in total. The second kappa shape index (κ2) is 11.0. The lowest BCUT2D eigenvalue weighted by molar-refractivity contribution is -0.162. The summed E-state index contributed by atoms with van der Waals surface area (Å²) in [6.07, 6.45) is 2.97. The third-order valence-corrected chi connectivity index (χ3v) is 4.83. The van der Waals surface area contributed by atoms with E-state index in [0.29, 0.717) is 25.8 Å². The molecule has 3 unspecified atom stereocenters. The Labute approximate surface area is 148 Å². The van der Waals surface area contributed by atoms with Crippen molar-refractivity contribution in [1.82, 2.24) is 10.2 Å². The minimum atomic E-state index is -4.33. The molecule has 1 aliphatic rings. The molecule has 0 aromatic rings. The first-order chi connectivity index (χ1) is 11.8. The molecule has 0 aromatic carbocycles. The number of hydrogen-bond donors (Lipinski definition) is 3. The van der Waals surface area contributed by atoms with Crippen LogP contribution >= 0.6 is 17.1 Å². The molecule has 0 aromatic heterocycles. The molecule has 12 heteroatoms. The van der Waals surface area contributed by atoms with Gasteiger partial charge < -0.3 is 10.2 Å². The molecule has 0 saturated carbocycles. The fourth-order valence-electron chi connectivity index (χ4n) is 2.26. The van der Waals surface area contributed by atoms with Crippen LogP contribution in [0.3, 0.4) is 0 Å². The number of likely N-dealkylation sites (tertiary alicyclic amines) is 1. The van der Waals surface area contributed by atoms with E-state index in [1.54, 1.807) is 0 Å². The molecule has 1 heterocycles. The van der Waals surface area contributed by atoms with Crippen molar-refractivity contribution in [2.45, 2.75) is 44.2 Å². The van der Waals surface area contributed by atoms with E-state index in [1.807, 2.05) is 0 Å². The van der Waals surface area contributed by atoms with E-state index >= 15 is 0 Å². The summed E-state index contributed by atoms with van der Waals surface area (Å²) >= 11 is 0. The first-order valence-corrected chi connectivity index (χ1v) is 10.1. The summed E-state index contributed by atoms with van der Waals surface area (Å²) in [5.74, 6) is -0.736. The number of hydrogen-bond acceptors (Lipinski definition) is 7. The Hall–Kier alpha value is -0.890. The summed E-state index contributed by atoms with van der Waals surface area (Å²) in [5, 5.41) is 10.8. The molecule has 3 amide bonds. The van der Waals surface area contributed by atoms with E-state index in [-0.39, 0.29) is 49.4 Å². The first-order valence-electron chi connectivity index (χ1n) is 7.94. The van der Waals surface area contributed by atoms with E-state index in [4.69, 9.17) is 10.2 Å². The van der Waals surface area contributed by atoms with Crippen LogP contribution in [0.15, 0.2) is 0 Å². The summed E-state index contributed by atoms with van der Waals surface area (Å²) in [5.41, 5.74) is -0.386. The van der Waals surface area contributed by atoms with Crippen molar-refractivity contribution in [1.29, 1.82) is 0 Å². The van der Waals surface area contributed by atoms with Crippen LogP contribution in [-0.2, 0) is 28.1 Å². The molecule has 0 spiro atoms. The summed E-state index contributed by atoms with van der Waals surface area (Å²) in [6.45, 7) is 0.543. The van der Waals surface area contributed by atoms with Crippen LogP contribution in [0.2, 0.25) is 0 Å². The smallest absolute Gasteiger partial charge is 0.356 e. The predicted octanol–water partition coefficient (Wildman–Crippen LogP) is 0.662. The Kier molecular flexibility index (Phi) is 9.71. The number of phosphoric ester groups is 1. The van der Waals surface area contributed by atoms with Crippen molar-refractivity contribution >= 4 is 34.8 Å². The zero-order valence-electron chi connectivity index (χ0n) is 13.8. The summed E-state index contributed by atoms with van der Waals surface area (Å²) in [4.78, 5) is 44.8. The molecular weight excluding hydrogens is 374 g/mol. The Morgan fingerprint density at radius 1 is 1.32 bits per heavy atom. The largest absolute Gasteiger partial charge is 0.499 e. The third-order valence-electron chi connectivity index (χ3n) is 3.59. The Morgan fingerprint density at radius 3 is 2.60 bits per heavy atom. The van der Waals surface area contributed by atoms with E-state index in [9.17, 15) is 18.9 Å². The van der Waals surface area contributed by atoms with Crippen molar-refractivity contribution in [2.75, 3.05) is 19.7 Å². The van der Waals surface area contributed by atoms with Gasteiger partial charge >= 0.3 is 7.82 Å². The van der Waals surface area contributed by atoms with Gasteiger partial charge in [0.05, 0.1) is 12.3 Å².